The number of amides is 1. The maximum Gasteiger partial charge on any atom is 0.278 e. The molecule has 0 atom stereocenters. The van der Waals surface area contributed by atoms with Gasteiger partial charge < -0.3 is 4.74 Å². The highest BCUT2D eigenvalue weighted by molar-refractivity contribution is 7.23. The largest absolute Gasteiger partial charge is 0.494 e. The van der Waals surface area contributed by atoms with Crippen LogP contribution < -0.4 is 9.64 Å². The summed E-state index contributed by atoms with van der Waals surface area (Å²) in [5.74, 6) is 0.398. The second-order valence-electron chi connectivity index (χ2n) is 6.89. The molecule has 154 valence electrons. The van der Waals surface area contributed by atoms with Crippen molar-refractivity contribution in [1.29, 1.82) is 0 Å². The lowest BCUT2D eigenvalue weighted by atomic mass is 10.3. The number of anilines is 1. The van der Waals surface area contributed by atoms with Crippen LogP contribution >= 0.6 is 22.9 Å². The number of carbonyl (C=O) groups excluding carboxylic acids is 1. The van der Waals surface area contributed by atoms with Crippen molar-refractivity contribution < 1.29 is 9.53 Å². The van der Waals surface area contributed by atoms with E-state index in [2.05, 4.69) is 10.1 Å². The first-order valence-corrected chi connectivity index (χ1v) is 10.6. The molecule has 0 saturated carbocycles. The summed E-state index contributed by atoms with van der Waals surface area (Å²) in [5.41, 5.74) is 1.86. The van der Waals surface area contributed by atoms with Crippen molar-refractivity contribution in [3.05, 3.63) is 65.2 Å². The van der Waals surface area contributed by atoms with E-state index >= 15 is 0 Å². The van der Waals surface area contributed by atoms with Crippen LogP contribution in [-0.4, -0.2) is 32.8 Å². The zero-order chi connectivity index (χ0) is 21.3. The standard InChI is InChI=1S/C21H20ClN5O2S/c1-13(2)27-16(9-11-24-27)20(28)26(12-14-6-4-5-10-23-14)21-25-18-17(29-3)8-7-15(22)19(18)30-21/h4-11,13H,12H2,1-3H3. The lowest BCUT2D eigenvalue weighted by Gasteiger charge is -2.21. The Bertz CT molecular complexity index is 1190. The van der Waals surface area contributed by atoms with E-state index in [4.69, 9.17) is 21.3 Å². The van der Waals surface area contributed by atoms with Crippen molar-refractivity contribution in [1.82, 2.24) is 19.7 Å². The van der Waals surface area contributed by atoms with Gasteiger partial charge in [0.1, 0.15) is 17.0 Å². The smallest absolute Gasteiger partial charge is 0.278 e. The van der Waals surface area contributed by atoms with Gasteiger partial charge in [-0.1, -0.05) is 29.0 Å². The molecule has 1 amide bonds. The molecule has 1 aromatic carbocycles. The van der Waals surface area contributed by atoms with E-state index in [-0.39, 0.29) is 18.5 Å². The van der Waals surface area contributed by atoms with Gasteiger partial charge in [-0.15, -0.1) is 0 Å². The molecule has 0 saturated heterocycles. The van der Waals surface area contributed by atoms with Gasteiger partial charge in [-0.2, -0.15) is 5.10 Å². The van der Waals surface area contributed by atoms with Gasteiger partial charge in [-0.25, -0.2) is 4.98 Å². The van der Waals surface area contributed by atoms with Crippen molar-refractivity contribution in [2.75, 3.05) is 12.0 Å². The molecule has 30 heavy (non-hydrogen) atoms. The summed E-state index contributed by atoms with van der Waals surface area (Å²) < 4.78 is 7.90. The lowest BCUT2D eigenvalue weighted by molar-refractivity contribution is 0.0972. The van der Waals surface area contributed by atoms with Gasteiger partial charge in [-0.05, 0) is 44.2 Å². The third-order valence-electron chi connectivity index (χ3n) is 4.57. The van der Waals surface area contributed by atoms with Crippen LogP contribution in [0.5, 0.6) is 5.75 Å². The van der Waals surface area contributed by atoms with Crippen molar-refractivity contribution in [3.8, 4) is 5.75 Å². The third-order valence-corrected chi connectivity index (χ3v) is 6.11. The number of hydrogen-bond donors (Lipinski definition) is 0. The number of pyridine rings is 1. The molecule has 4 rings (SSSR count). The molecule has 0 unspecified atom stereocenters. The number of methoxy groups -OCH3 is 1. The molecule has 0 spiro atoms. The first-order valence-electron chi connectivity index (χ1n) is 9.38. The van der Waals surface area contributed by atoms with E-state index in [0.717, 1.165) is 10.4 Å². The van der Waals surface area contributed by atoms with Crippen LogP contribution in [0.4, 0.5) is 5.13 Å². The Morgan fingerprint density at radius 1 is 1.23 bits per heavy atom. The molecule has 4 aromatic rings. The van der Waals surface area contributed by atoms with Gasteiger partial charge >= 0.3 is 0 Å². The molecular formula is C21H20ClN5O2S. The Hall–Kier alpha value is -2.97. The number of ether oxygens (including phenoxy) is 1. The van der Waals surface area contributed by atoms with E-state index in [0.29, 0.717) is 27.1 Å². The minimum absolute atomic E-state index is 0.0422. The monoisotopic (exact) mass is 441 g/mol. The number of hydrogen-bond acceptors (Lipinski definition) is 6. The first kappa shape index (κ1) is 20.3. The summed E-state index contributed by atoms with van der Waals surface area (Å²) >= 11 is 7.74. The third kappa shape index (κ3) is 3.76. The average Bonchev–Trinajstić information content (AvgIpc) is 3.41. The molecular weight excluding hydrogens is 422 g/mol. The predicted molar refractivity (Wildman–Crippen MR) is 119 cm³/mol. The summed E-state index contributed by atoms with van der Waals surface area (Å²) in [6, 6.07) is 10.9. The first-order chi connectivity index (χ1) is 14.5. The Balaban J connectivity index is 1.83. The molecule has 0 bridgehead atoms. The summed E-state index contributed by atoms with van der Waals surface area (Å²) in [5, 5.41) is 5.38. The Morgan fingerprint density at radius 2 is 2.07 bits per heavy atom. The van der Waals surface area contributed by atoms with Crippen molar-refractivity contribution in [2.24, 2.45) is 0 Å². The molecule has 0 fully saturated rings. The van der Waals surface area contributed by atoms with E-state index in [9.17, 15) is 4.79 Å². The van der Waals surface area contributed by atoms with Crippen LogP contribution in [0.25, 0.3) is 10.2 Å². The molecule has 7 nitrogen and oxygen atoms in total. The summed E-state index contributed by atoms with van der Waals surface area (Å²) in [7, 11) is 1.58. The molecule has 9 heteroatoms. The van der Waals surface area contributed by atoms with E-state index in [1.807, 2.05) is 32.0 Å². The lowest BCUT2D eigenvalue weighted by Crippen LogP contribution is -2.32. The van der Waals surface area contributed by atoms with Crippen LogP contribution in [0.15, 0.2) is 48.8 Å². The zero-order valence-electron chi connectivity index (χ0n) is 16.7. The van der Waals surface area contributed by atoms with Gasteiger partial charge in [0, 0.05) is 18.4 Å². The highest BCUT2D eigenvalue weighted by Crippen LogP contribution is 2.39. The Labute approximate surface area is 182 Å². The minimum atomic E-state index is -0.207. The van der Waals surface area contributed by atoms with Crippen LogP contribution in [0.2, 0.25) is 5.02 Å². The van der Waals surface area contributed by atoms with Crippen molar-refractivity contribution >= 4 is 44.2 Å². The topological polar surface area (TPSA) is 73.1 Å². The van der Waals surface area contributed by atoms with Gasteiger partial charge in [-0.3, -0.25) is 19.4 Å². The normalized spacial score (nSPS) is 11.2. The molecule has 3 aromatic heterocycles. The van der Waals surface area contributed by atoms with Crippen LogP contribution in [-0.2, 0) is 6.54 Å². The van der Waals surface area contributed by atoms with Crippen molar-refractivity contribution in [2.45, 2.75) is 26.4 Å². The minimum Gasteiger partial charge on any atom is -0.494 e. The molecule has 0 aliphatic heterocycles. The Kier molecular flexibility index (Phi) is 5.69. The van der Waals surface area contributed by atoms with Gasteiger partial charge in [0.15, 0.2) is 5.13 Å². The molecule has 0 N–H and O–H groups in total. The van der Waals surface area contributed by atoms with E-state index in [1.54, 1.807) is 47.3 Å². The number of rotatable bonds is 6. The Morgan fingerprint density at radius 3 is 2.77 bits per heavy atom. The highest BCUT2D eigenvalue weighted by atomic mass is 35.5. The van der Waals surface area contributed by atoms with E-state index < -0.39 is 0 Å². The summed E-state index contributed by atoms with van der Waals surface area (Å²) in [4.78, 5) is 24.3. The number of aromatic nitrogens is 4. The number of thiazole rings is 1. The second-order valence-corrected chi connectivity index (χ2v) is 8.28. The van der Waals surface area contributed by atoms with Crippen molar-refractivity contribution in [3.63, 3.8) is 0 Å². The summed E-state index contributed by atoms with van der Waals surface area (Å²) in [6.07, 6.45) is 3.33. The number of nitrogens with zero attached hydrogens (tertiary/aromatic N) is 5. The molecule has 3 heterocycles. The van der Waals surface area contributed by atoms with Crippen LogP contribution in [0, 0.1) is 0 Å². The van der Waals surface area contributed by atoms with Gasteiger partial charge in [0.25, 0.3) is 5.91 Å². The number of carbonyl (C=O) groups is 1. The SMILES string of the molecule is COc1ccc(Cl)c2sc(N(Cc3ccccn3)C(=O)c3ccnn3C(C)C)nc12. The fourth-order valence-electron chi connectivity index (χ4n) is 3.13. The number of fused-ring (bicyclic) bond motifs is 1. The zero-order valence-corrected chi connectivity index (χ0v) is 18.3. The quantitative estimate of drug-likeness (QED) is 0.422. The average molecular weight is 442 g/mol. The molecule has 0 radical (unpaired) electrons. The van der Waals surface area contributed by atoms with Gasteiger partial charge in [0.2, 0.25) is 0 Å². The van der Waals surface area contributed by atoms with Crippen LogP contribution in [0.1, 0.15) is 36.1 Å². The highest BCUT2D eigenvalue weighted by Gasteiger charge is 2.26. The number of halogens is 1. The maximum atomic E-state index is 13.6. The molecule has 0 aliphatic carbocycles. The van der Waals surface area contributed by atoms with Gasteiger partial charge in [0.05, 0.1) is 29.1 Å². The summed E-state index contributed by atoms with van der Waals surface area (Å²) in [6.45, 7) is 4.23. The van der Waals surface area contributed by atoms with E-state index in [1.165, 1.54) is 11.3 Å². The fourth-order valence-corrected chi connectivity index (χ4v) is 4.39. The number of benzene rings is 1. The van der Waals surface area contributed by atoms with Crippen LogP contribution in [0.3, 0.4) is 0 Å². The maximum absolute atomic E-state index is 13.6. The molecule has 0 aliphatic rings. The fraction of sp³-hybridized carbons (Fsp3) is 0.238. The second kappa shape index (κ2) is 8.41. The predicted octanol–water partition coefficient (Wildman–Crippen LogP) is 4.98.